The molecule has 0 radical (unpaired) electrons. The lowest BCUT2D eigenvalue weighted by atomic mass is 10.3. The van der Waals surface area contributed by atoms with Crippen molar-refractivity contribution in [2.45, 2.75) is 25.0 Å². The van der Waals surface area contributed by atoms with Crippen LogP contribution in [0.5, 0.6) is 0 Å². The summed E-state index contributed by atoms with van der Waals surface area (Å²) < 4.78 is 27.0. The molecule has 0 aliphatic rings. The van der Waals surface area contributed by atoms with Crippen molar-refractivity contribution in [3.05, 3.63) is 45.9 Å². The van der Waals surface area contributed by atoms with Crippen molar-refractivity contribution < 1.29 is 13.5 Å². The Kier molecular flexibility index (Phi) is 4.31. The largest absolute Gasteiger partial charge is 0.391 e. The predicted octanol–water partition coefficient (Wildman–Crippen LogP) is 1.42. The number of hydrogen-bond donors (Lipinski definition) is 2. The highest BCUT2D eigenvalue weighted by Crippen LogP contribution is 2.26. The van der Waals surface area contributed by atoms with Gasteiger partial charge in [-0.25, -0.2) is 13.1 Å². The minimum atomic E-state index is -3.62. The van der Waals surface area contributed by atoms with Gasteiger partial charge in [-0.15, -0.1) is 11.3 Å². The summed E-state index contributed by atoms with van der Waals surface area (Å²) >= 11 is 1.24. The second-order valence-electron chi connectivity index (χ2n) is 4.01. The Balaban J connectivity index is 2.21. The first kappa shape index (κ1) is 14.1. The van der Waals surface area contributed by atoms with Gasteiger partial charge in [-0.05, 0) is 29.5 Å². The number of hydrogen-bond acceptors (Lipinski definition) is 5. The number of sulfonamides is 1. The third-order valence-corrected chi connectivity index (χ3v) is 5.44. The Morgan fingerprint density at radius 3 is 2.89 bits per heavy atom. The molecule has 2 aromatic rings. The van der Waals surface area contributed by atoms with Crippen molar-refractivity contribution in [3.8, 4) is 0 Å². The lowest BCUT2D eigenvalue weighted by molar-refractivity contribution is 0.282. The van der Waals surface area contributed by atoms with Crippen LogP contribution in [0.4, 0.5) is 0 Å². The SMILES string of the molecule is Cc1csc(CO)c1S(=O)(=O)NCc1cccnc1. The average Bonchev–Trinajstić information content (AvgIpc) is 2.80. The summed E-state index contributed by atoms with van der Waals surface area (Å²) in [6.45, 7) is 1.62. The second kappa shape index (κ2) is 5.79. The highest BCUT2D eigenvalue weighted by atomic mass is 32.2. The molecular weight excluding hydrogens is 284 g/mol. The fourth-order valence-electron chi connectivity index (χ4n) is 1.71. The van der Waals surface area contributed by atoms with Gasteiger partial charge in [0.2, 0.25) is 10.0 Å². The van der Waals surface area contributed by atoms with Crippen molar-refractivity contribution in [1.29, 1.82) is 0 Å². The summed E-state index contributed by atoms with van der Waals surface area (Å²) in [6, 6.07) is 3.54. The molecule has 102 valence electrons. The van der Waals surface area contributed by atoms with Crippen LogP contribution in [0.2, 0.25) is 0 Å². The highest BCUT2D eigenvalue weighted by molar-refractivity contribution is 7.89. The molecule has 2 heterocycles. The lowest BCUT2D eigenvalue weighted by Gasteiger charge is -2.08. The first-order valence-electron chi connectivity index (χ1n) is 5.61. The van der Waals surface area contributed by atoms with E-state index < -0.39 is 10.0 Å². The molecule has 0 saturated heterocycles. The van der Waals surface area contributed by atoms with Gasteiger partial charge >= 0.3 is 0 Å². The van der Waals surface area contributed by atoms with E-state index in [4.69, 9.17) is 0 Å². The van der Waals surface area contributed by atoms with E-state index in [1.165, 1.54) is 11.3 Å². The molecular formula is C12H14N2O3S2. The van der Waals surface area contributed by atoms with Crippen LogP contribution in [0.25, 0.3) is 0 Å². The Labute approximate surface area is 116 Å². The topological polar surface area (TPSA) is 79.3 Å². The van der Waals surface area contributed by atoms with E-state index in [2.05, 4.69) is 9.71 Å². The quantitative estimate of drug-likeness (QED) is 0.875. The molecule has 0 aliphatic heterocycles. The van der Waals surface area contributed by atoms with Crippen LogP contribution in [0.1, 0.15) is 16.0 Å². The van der Waals surface area contributed by atoms with E-state index >= 15 is 0 Å². The number of aliphatic hydroxyl groups is 1. The van der Waals surface area contributed by atoms with Crippen LogP contribution in [0.15, 0.2) is 34.8 Å². The average molecular weight is 298 g/mol. The van der Waals surface area contributed by atoms with Crippen molar-refractivity contribution in [3.63, 3.8) is 0 Å². The van der Waals surface area contributed by atoms with E-state index in [-0.39, 0.29) is 18.0 Å². The molecule has 0 unspecified atom stereocenters. The van der Waals surface area contributed by atoms with E-state index in [1.54, 1.807) is 36.8 Å². The van der Waals surface area contributed by atoms with Crippen LogP contribution < -0.4 is 4.72 Å². The van der Waals surface area contributed by atoms with Gasteiger partial charge in [0.05, 0.1) is 11.5 Å². The molecule has 0 bridgehead atoms. The number of aromatic nitrogens is 1. The van der Waals surface area contributed by atoms with Crippen LogP contribution in [-0.2, 0) is 23.2 Å². The van der Waals surface area contributed by atoms with Gasteiger partial charge in [-0.1, -0.05) is 6.07 Å². The van der Waals surface area contributed by atoms with Crippen molar-refractivity contribution in [2.24, 2.45) is 0 Å². The van der Waals surface area contributed by atoms with Gasteiger partial charge in [-0.2, -0.15) is 0 Å². The molecule has 0 spiro atoms. The molecule has 0 atom stereocenters. The predicted molar refractivity (Wildman–Crippen MR) is 73.2 cm³/mol. The van der Waals surface area contributed by atoms with Gasteiger partial charge in [0.1, 0.15) is 4.90 Å². The summed E-state index contributed by atoms with van der Waals surface area (Å²) in [5, 5.41) is 10.9. The van der Waals surface area contributed by atoms with E-state index in [9.17, 15) is 13.5 Å². The molecule has 0 aromatic carbocycles. The zero-order chi connectivity index (χ0) is 13.9. The Bertz CT molecular complexity index is 651. The number of nitrogens with one attached hydrogen (secondary N) is 1. The number of aryl methyl sites for hydroxylation is 1. The third kappa shape index (κ3) is 3.19. The van der Waals surface area contributed by atoms with Crippen molar-refractivity contribution in [2.75, 3.05) is 0 Å². The van der Waals surface area contributed by atoms with Crippen LogP contribution in [-0.4, -0.2) is 18.5 Å². The maximum atomic E-state index is 12.2. The molecule has 7 heteroatoms. The number of pyridine rings is 1. The van der Waals surface area contributed by atoms with Gasteiger partial charge in [-0.3, -0.25) is 4.98 Å². The zero-order valence-electron chi connectivity index (χ0n) is 10.3. The minimum Gasteiger partial charge on any atom is -0.391 e. The van der Waals surface area contributed by atoms with Crippen molar-refractivity contribution >= 4 is 21.4 Å². The van der Waals surface area contributed by atoms with Crippen LogP contribution in [0.3, 0.4) is 0 Å². The number of rotatable bonds is 5. The highest BCUT2D eigenvalue weighted by Gasteiger charge is 2.22. The summed E-state index contributed by atoms with van der Waals surface area (Å²) in [6.07, 6.45) is 3.24. The number of nitrogens with zero attached hydrogens (tertiary/aromatic N) is 1. The second-order valence-corrected chi connectivity index (χ2v) is 6.68. The molecule has 0 saturated carbocycles. The normalized spacial score (nSPS) is 11.7. The fraction of sp³-hybridized carbons (Fsp3) is 0.250. The summed E-state index contributed by atoms with van der Waals surface area (Å²) in [5.41, 5.74) is 1.43. The lowest BCUT2D eigenvalue weighted by Crippen LogP contribution is -2.24. The summed E-state index contributed by atoms with van der Waals surface area (Å²) in [5.74, 6) is 0. The molecule has 0 aliphatic carbocycles. The van der Waals surface area contributed by atoms with Gasteiger partial charge in [0.15, 0.2) is 0 Å². The van der Waals surface area contributed by atoms with Gasteiger partial charge in [0.25, 0.3) is 0 Å². The minimum absolute atomic E-state index is 0.177. The molecule has 5 nitrogen and oxygen atoms in total. The van der Waals surface area contributed by atoms with E-state index in [1.807, 2.05) is 0 Å². The van der Waals surface area contributed by atoms with Crippen molar-refractivity contribution in [1.82, 2.24) is 9.71 Å². The Hall–Kier alpha value is -1.28. The Morgan fingerprint density at radius 2 is 2.26 bits per heavy atom. The molecule has 2 aromatic heterocycles. The van der Waals surface area contributed by atoms with E-state index in [0.29, 0.717) is 10.4 Å². The summed E-state index contributed by atoms with van der Waals surface area (Å²) in [4.78, 5) is 4.57. The monoisotopic (exact) mass is 298 g/mol. The molecule has 0 fully saturated rings. The van der Waals surface area contributed by atoms with Crippen LogP contribution >= 0.6 is 11.3 Å². The number of thiophene rings is 1. The maximum absolute atomic E-state index is 12.2. The summed E-state index contributed by atoms with van der Waals surface area (Å²) in [7, 11) is -3.62. The molecule has 19 heavy (non-hydrogen) atoms. The first-order chi connectivity index (χ1) is 9.04. The fourth-order valence-corrected chi connectivity index (χ4v) is 4.39. The standard InChI is InChI=1S/C12H14N2O3S2/c1-9-8-18-11(7-15)12(9)19(16,17)14-6-10-3-2-4-13-5-10/h2-5,8,14-15H,6-7H2,1H3. The maximum Gasteiger partial charge on any atom is 0.242 e. The zero-order valence-corrected chi connectivity index (χ0v) is 12.0. The van der Waals surface area contributed by atoms with Gasteiger partial charge in [0, 0.05) is 18.9 Å². The van der Waals surface area contributed by atoms with E-state index in [0.717, 1.165) is 5.56 Å². The molecule has 0 amide bonds. The molecule has 2 N–H and O–H groups in total. The molecule has 2 rings (SSSR count). The van der Waals surface area contributed by atoms with Crippen LogP contribution in [0, 0.1) is 6.92 Å². The Morgan fingerprint density at radius 1 is 1.47 bits per heavy atom. The first-order valence-corrected chi connectivity index (χ1v) is 7.97. The third-order valence-electron chi connectivity index (χ3n) is 2.59. The number of aliphatic hydroxyl groups excluding tert-OH is 1. The van der Waals surface area contributed by atoms with Gasteiger partial charge < -0.3 is 5.11 Å². The smallest absolute Gasteiger partial charge is 0.242 e.